The van der Waals surface area contributed by atoms with Crippen molar-refractivity contribution >= 4 is 17.2 Å². The smallest absolute Gasteiger partial charge is 0.270 e. The van der Waals surface area contributed by atoms with Crippen molar-refractivity contribution in [3.05, 3.63) is 59.6 Å². The molecule has 3 aromatic rings. The largest absolute Gasteiger partial charge is 0.349 e. The minimum atomic E-state index is -0.115. The number of para-hydroxylation sites is 1. The second-order valence-corrected chi connectivity index (χ2v) is 6.65. The van der Waals surface area contributed by atoms with Gasteiger partial charge in [-0.3, -0.25) is 4.79 Å². The molecule has 6 heteroatoms. The van der Waals surface area contributed by atoms with Crippen molar-refractivity contribution in [2.45, 2.75) is 0 Å². The average molecular weight is 340 g/mol. The van der Waals surface area contributed by atoms with Crippen LogP contribution in [0.15, 0.2) is 53.9 Å². The van der Waals surface area contributed by atoms with E-state index in [0.29, 0.717) is 12.2 Å². The van der Waals surface area contributed by atoms with Crippen molar-refractivity contribution in [2.24, 2.45) is 0 Å². The zero-order chi connectivity index (χ0) is 16.9. The number of thiophene rings is 1. The highest BCUT2D eigenvalue weighted by atomic mass is 32.1. The first-order valence-electron chi connectivity index (χ1n) is 7.77. The second-order valence-electron chi connectivity index (χ2n) is 5.70. The summed E-state index contributed by atoms with van der Waals surface area (Å²) in [6, 6.07) is 15.6. The molecule has 2 aromatic heterocycles. The molecule has 0 aliphatic carbocycles. The summed E-state index contributed by atoms with van der Waals surface area (Å²) in [4.78, 5) is 15.7. The van der Waals surface area contributed by atoms with E-state index >= 15 is 0 Å². The SMILES string of the molecule is CN(C)CCNC(=O)c1cc(-c2cccs2)nn1-c1ccccc1. The van der Waals surface area contributed by atoms with Gasteiger partial charge in [-0.25, -0.2) is 4.68 Å². The van der Waals surface area contributed by atoms with E-state index in [1.165, 1.54) is 0 Å². The molecule has 0 atom stereocenters. The first-order valence-corrected chi connectivity index (χ1v) is 8.65. The maximum Gasteiger partial charge on any atom is 0.270 e. The summed E-state index contributed by atoms with van der Waals surface area (Å²) in [5.74, 6) is -0.115. The molecule has 124 valence electrons. The number of nitrogens with zero attached hydrogens (tertiary/aromatic N) is 3. The van der Waals surface area contributed by atoms with Gasteiger partial charge in [-0.2, -0.15) is 5.10 Å². The Morgan fingerprint density at radius 2 is 2.00 bits per heavy atom. The van der Waals surface area contributed by atoms with E-state index in [0.717, 1.165) is 22.8 Å². The van der Waals surface area contributed by atoms with E-state index < -0.39 is 0 Å². The fourth-order valence-electron chi connectivity index (χ4n) is 2.34. The Morgan fingerprint density at radius 1 is 1.21 bits per heavy atom. The van der Waals surface area contributed by atoms with Gasteiger partial charge in [0, 0.05) is 13.1 Å². The van der Waals surface area contributed by atoms with Gasteiger partial charge in [0.2, 0.25) is 0 Å². The van der Waals surface area contributed by atoms with E-state index in [4.69, 9.17) is 0 Å². The van der Waals surface area contributed by atoms with Crippen molar-refractivity contribution in [2.75, 3.05) is 27.2 Å². The third-order valence-corrected chi connectivity index (χ3v) is 4.45. The molecule has 0 unspecified atom stereocenters. The molecule has 24 heavy (non-hydrogen) atoms. The zero-order valence-corrected chi connectivity index (χ0v) is 14.6. The Hall–Kier alpha value is -2.44. The molecule has 0 aliphatic heterocycles. The Bertz CT molecular complexity index is 794. The Kier molecular flexibility index (Phi) is 5.08. The molecule has 0 saturated carbocycles. The number of aromatic nitrogens is 2. The number of benzene rings is 1. The van der Waals surface area contributed by atoms with Crippen LogP contribution in [0, 0.1) is 0 Å². The number of carbonyl (C=O) groups excluding carboxylic acids is 1. The van der Waals surface area contributed by atoms with E-state index in [1.807, 2.05) is 72.9 Å². The summed E-state index contributed by atoms with van der Waals surface area (Å²) in [6.45, 7) is 1.39. The number of rotatable bonds is 6. The van der Waals surface area contributed by atoms with Crippen LogP contribution in [0.4, 0.5) is 0 Å². The number of hydrogen-bond acceptors (Lipinski definition) is 4. The van der Waals surface area contributed by atoms with Crippen molar-refractivity contribution in [1.29, 1.82) is 0 Å². The fourth-order valence-corrected chi connectivity index (χ4v) is 3.02. The number of likely N-dealkylation sites (N-methyl/N-ethyl adjacent to an activating group) is 1. The van der Waals surface area contributed by atoms with Gasteiger partial charge >= 0.3 is 0 Å². The van der Waals surface area contributed by atoms with Crippen LogP contribution in [0.25, 0.3) is 16.3 Å². The van der Waals surface area contributed by atoms with Gasteiger partial charge in [0.15, 0.2) is 0 Å². The van der Waals surface area contributed by atoms with Gasteiger partial charge in [0.05, 0.1) is 10.6 Å². The number of amides is 1. The molecule has 1 N–H and O–H groups in total. The lowest BCUT2D eigenvalue weighted by Gasteiger charge is -2.11. The van der Waals surface area contributed by atoms with Crippen LogP contribution in [0.3, 0.4) is 0 Å². The van der Waals surface area contributed by atoms with Crippen LogP contribution in [0.2, 0.25) is 0 Å². The molecule has 3 rings (SSSR count). The Labute approximate surface area is 145 Å². The van der Waals surface area contributed by atoms with E-state index in [9.17, 15) is 4.79 Å². The minimum Gasteiger partial charge on any atom is -0.349 e. The summed E-state index contributed by atoms with van der Waals surface area (Å²) in [5, 5.41) is 9.61. The van der Waals surface area contributed by atoms with E-state index in [2.05, 4.69) is 10.4 Å². The van der Waals surface area contributed by atoms with Crippen molar-refractivity contribution in [3.8, 4) is 16.3 Å². The maximum absolute atomic E-state index is 12.6. The molecule has 0 spiro atoms. The molecule has 1 amide bonds. The highest BCUT2D eigenvalue weighted by molar-refractivity contribution is 7.13. The predicted octanol–water partition coefficient (Wildman–Crippen LogP) is 2.89. The zero-order valence-electron chi connectivity index (χ0n) is 13.8. The van der Waals surface area contributed by atoms with Gasteiger partial charge in [0.1, 0.15) is 11.4 Å². The molecule has 0 radical (unpaired) electrons. The van der Waals surface area contributed by atoms with Crippen LogP contribution in [-0.2, 0) is 0 Å². The van der Waals surface area contributed by atoms with Crippen LogP contribution >= 0.6 is 11.3 Å². The minimum absolute atomic E-state index is 0.115. The first-order chi connectivity index (χ1) is 11.6. The Morgan fingerprint density at radius 3 is 2.67 bits per heavy atom. The molecule has 2 heterocycles. The third kappa shape index (κ3) is 3.72. The van der Waals surface area contributed by atoms with E-state index in [-0.39, 0.29) is 5.91 Å². The summed E-state index contributed by atoms with van der Waals surface area (Å²) in [5.41, 5.74) is 2.23. The van der Waals surface area contributed by atoms with Crippen molar-refractivity contribution < 1.29 is 4.79 Å². The maximum atomic E-state index is 12.6. The summed E-state index contributed by atoms with van der Waals surface area (Å²) < 4.78 is 1.71. The molecular weight excluding hydrogens is 320 g/mol. The van der Waals surface area contributed by atoms with Crippen molar-refractivity contribution in [3.63, 3.8) is 0 Å². The number of nitrogens with one attached hydrogen (secondary N) is 1. The van der Waals surface area contributed by atoms with Crippen LogP contribution in [0.1, 0.15) is 10.5 Å². The Balaban J connectivity index is 1.92. The lowest BCUT2D eigenvalue weighted by atomic mass is 10.3. The number of hydrogen-bond donors (Lipinski definition) is 1. The molecule has 0 aliphatic rings. The van der Waals surface area contributed by atoms with Gasteiger partial charge in [-0.1, -0.05) is 24.3 Å². The highest BCUT2D eigenvalue weighted by Crippen LogP contribution is 2.25. The van der Waals surface area contributed by atoms with Crippen LogP contribution in [-0.4, -0.2) is 47.8 Å². The molecule has 5 nitrogen and oxygen atoms in total. The second kappa shape index (κ2) is 7.42. The molecule has 1 aromatic carbocycles. The highest BCUT2D eigenvalue weighted by Gasteiger charge is 2.17. The van der Waals surface area contributed by atoms with Gasteiger partial charge < -0.3 is 10.2 Å². The first kappa shape index (κ1) is 16.4. The fraction of sp³-hybridized carbons (Fsp3) is 0.222. The van der Waals surface area contributed by atoms with Crippen LogP contribution < -0.4 is 5.32 Å². The van der Waals surface area contributed by atoms with Gasteiger partial charge in [-0.05, 0) is 43.7 Å². The predicted molar refractivity (Wildman–Crippen MR) is 97.8 cm³/mol. The molecule has 0 saturated heterocycles. The lowest BCUT2D eigenvalue weighted by Crippen LogP contribution is -2.32. The monoisotopic (exact) mass is 340 g/mol. The summed E-state index contributed by atoms with van der Waals surface area (Å²) in [6.07, 6.45) is 0. The van der Waals surface area contributed by atoms with Gasteiger partial charge in [0.25, 0.3) is 5.91 Å². The van der Waals surface area contributed by atoms with E-state index in [1.54, 1.807) is 16.0 Å². The molecule has 0 fully saturated rings. The van der Waals surface area contributed by atoms with Crippen molar-refractivity contribution in [1.82, 2.24) is 20.0 Å². The third-order valence-electron chi connectivity index (χ3n) is 3.56. The average Bonchev–Trinajstić information content (AvgIpc) is 3.24. The molecule has 0 bridgehead atoms. The quantitative estimate of drug-likeness (QED) is 0.751. The van der Waals surface area contributed by atoms with Gasteiger partial charge in [-0.15, -0.1) is 11.3 Å². The topological polar surface area (TPSA) is 50.2 Å². The standard InChI is InChI=1S/C18H20N4OS/c1-21(2)11-10-19-18(23)16-13-15(17-9-6-12-24-17)20-22(16)14-7-4-3-5-8-14/h3-9,12-13H,10-11H2,1-2H3,(H,19,23). The lowest BCUT2D eigenvalue weighted by molar-refractivity contribution is 0.0943. The number of carbonyl (C=O) groups is 1. The molecular formula is C18H20N4OS. The summed E-state index contributed by atoms with van der Waals surface area (Å²) >= 11 is 1.61. The van der Waals surface area contributed by atoms with Crippen LogP contribution in [0.5, 0.6) is 0 Å². The summed E-state index contributed by atoms with van der Waals surface area (Å²) in [7, 11) is 3.96. The normalized spacial score (nSPS) is 11.0.